The van der Waals surface area contributed by atoms with Crippen LogP contribution >= 0.6 is 0 Å². The first-order chi connectivity index (χ1) is 16.5. The molecule has 0 aliphatic carbocycles. The SMILES string of the molecule is NC(=O)[C@H](CCc1ccccc1)NC(=O)[C@H](Cc1ccccc1)NC(=O)OCc1ccccc1. The quantitative estimate of drug-likeness (QED) is 0.409. The van der Waals surface area contributed by atoms with Crippen molar-refractivity contribution in [2.45, 2.75) is 38.0 Å². The maximum Gasteiger partial charge on any atom is 0.408 e. The summed E-state index contributed by atoms with van der Waals surface area (Å²) in [5.41, 5.74) is 8.27. The van der Waals surface area contributed by atoms with Gasteiger partial charge in [0.15, 0.2) is 0 Å². The highest BCUT2D eigenvalue weighted by Gasteiger charge is 2.26. The zero-order chi connectivity index (χ0) is 24.2. The molecule has 0 heterocycles. The van der Waals surface area contributed by atoms with Crippen molar-refractivity contribution in [1.82, 2.24) is 10.6 Å². The minimum absolute atomic E-state index is 0.0767. The van der Waals surface area contributed by atoms with Gasteiger partial charge < -0.3 is 21.1 Å². The Bertz CT molecular complexity index is 1060. The number of carbonyl (C=O) groups is 3. The van der Waals surface area contributed by atoms with Gasteiger partial charge in [0.05, 0.1) is 0 Å². The zero-order valence-corrected chi connectivity index (χ0v) is 18.9. The second-order valence-electron chi connectivity index (χ2n) is 7.94. The topological polar surface area (TPSA) is 111 Å². The molecule has 7 nitrogen and oxygen atoms in total. The number of aryl methyl sites for hydroxylation is 1. The van der Waals surface area contributed by atoms with Crippen LogP contribution in [0.25, 0.3) is 0 Å². The summed E-state index contributed by atoms with van der Waals surface area (Å²) in [6.07, 6.45) is 0.434. The fraction of sp³-hybridized carbons (Fsp3) is 0.222. The van der Waals surface area contributed by atoms with Gasteiger partial charge in [-0.1, -0.05) is 91.0 Å². The van der Waals surface area contributed by atoms with Crippen LogP contribution in [-0.2, 0) is 33.8 Å². The van der Waals surface area contributed by atoms with E-state index in [0.717, 1.165) is 16.7 Å². The smallest absolute Gasteiger partial charge is 0.408 e. The van der Waals surface area contributed by atoms with Crippen LogP contribution in [0.5, 0.6) is 0 Å². The number of alkyl carbamates (subject to hydrolysis) is 1. The van der Waals surface area contributed by atoms with Crippen LogP contribution < -0.4 is 16.4 Å². The molecule has 3 aromatic carbocycles. The highest BCUT2D eigenvalue weighted by Crippen LogP contribution is 2.08. The molecule has 7 heteroatoms. The lowest BCUT2D eigenvalue weighted by molar-refractivity contribution is -0.128. The fourth-order valence-electron chi connectivity index (χ4n) is 3.48. The van der Waals surface area contributed by atoms with Crippen molar-refractivity contribution in [2.24, 2.45) is 5.73 Å². The highest BCUT2D eigenvalue weighted by atomic mass is 16.5. The summed E-state index contributed by atoms with van der Waals surface area (Å²) in [4.78, 5) is 37.6. The van der Waals surface area contributed by atoms with Gasteiger partial charge in [0.1, 0.15) is 18.7 Å². The Balaban J connectivity index is 1.64. The van der Waals surface area contributed by atoms with Crippen LogP contribution in [0.3, 0.4) is 0 Å². The van der Waals surface area contributed by atoms with Gasteiger partial charge in [-0.15, -0.1) is 0 Å². The molecule has 176 valence electrons. The van der Waals surface area contributed by atoms with Gasteiger partial charge in [-0.2, -0.15) is 0 Å². The lowest BCUT2D eigenvalue weighted by Crippen LogP contribution is -2.53. The summed E-state index contributed by atoms with van der Waals surface area (Å²) in [6, 6.07) is 26.4. The molecule has 3 rings (SSSR count). The van der Waals surface area contributed by atoms with Crippen molar-refractivity contribution in [2.75, 3.05) is 0 Å². The van der Waals surface area contributed by atoms with Crippen LogP contribution in [0.15, 0.2) is 91.0 Å². The first-order valence-corrected chi connectivity index (χ1v) is 11.2. The molecule has 0 fully saturated rings. The summed E-state index contributed by atoms with van der Waals surface area (Å²) in [7, 11) is 0. The Hall–Kier alpha value is -4.13. The second kappa shape index (κ2) is 12.8. The third-order valence-corrected chi connectivity index (χ3v) is 5.33. The Kier molecular flexibility index (Phi) is 9.22. The molecule has 0 saturated carbocycles. The molecule has 0 aromatic heterocycles. The summed E-state index contributed by atoms with van der Waals surface area (Å²) < 4.78 is 5.28. The van der Waals surface area contributed by atoms with Gasteiger partial charge in [0.25, 0.3) is 0 Å². The van der Waals surface area contributed by atoms with E-state index in [9.17, 15) is 14.4 Å². The monoisotopic (exact) mass is 459 g/mol. The lowest BCUT2D eigenvalue weighted by atomic mass is 10.0. The average molecular weight is 460 g/mol. The van der Waals surface area contributed by atoms with Crippen LogP contribution in [0.2, 0.25) is 0 Å². The zero-order valence-electron chi connectivity index (χ0n) is 18.9. The number of nitrogens with two attached hydrogens (primary N) is 1. The fourth-order valence-corrected chi connectivity index (χ4v) is 3.48. The summed E-state index contributed by atoms with van der Waals surface area (Å²) in [5.74, 6) is -1.13. The van der Waals surface area contributed by atoms with Crippen LogP contribution in [-0.4, -0.2) is 30.0 Å². The molecule has 0 bridgehead atoms. The van der Waals surface area contributed by atoms with Gasteiger partial charge in [0.2, 0.25) is 11.8 Å². The van der Waals surface area contributed by atoms with E-state index in [1.165, 1.54) is 0 Å². The number of benzene rings is 3. The molecule has 0 radical (unpaired) electrons. The van der Waals surface area contributed by atoms with E-state index in [4.69, 9.17) is 10.5 Å². The number of nitrogens with one attached hydrogen (secondary N) is 2. The van der Waals surface area contributed by atoms with E-state index in [-0.39, 0.29) is 13.0 Å². The van der Waals surface area contributed by atoms with Crippen molar-refractivity contribution >= 4 is 17.9 Å². The molecule has 0 unspecified atom stereocenters. The van der Waals surface area contributed by atoms with E-state index in [1.54, 1.807) is 0 Å². The lowest BCUT2D eigenvalue weighted by Gasteiger charge is -2.22. The number of amides is 3. The normalized spacial score (nSPS) is 12.2. The largest absolute Gasteiger partial charge is 0.445 e. The van der Waals surface area contributed by atoms with Crippen molar-refractivity contribution in [3.8, 4) is 0 Å². The number of primary amides is 1. The van der Waals surface area contributed by atoms with E-state index in [1.807, 2.05) is 91.0 Å². The molecule has 3 amide bonds. The van der Waals surface area contributed by atoms with E-state index in [2.05, 4.69) is 10.6 Å². The number of hydrogen-bond acceptors (Lipinski definition) is 4. The number of rotatable bonds is 11. The average Bonchev–Trinajstić information content (AvgIpc) is 2.86. The first kappa shape index (κ1) is 24.5. The Morgan fingerprint density at radius 3 is 1.79 bits per heavy atom. The molecule has 0 saturated heterocycles. The predicted octanol–water partition coefficient (Wildman–Crippen LogP) is 3.13. The summed E-state index contributed by atoms with van der Waals surface area (Å²) in [5, 5.41) is 5.33. The molecule has 2 atom stereocenters. The highest BCUT2D eigenvalue weighted by molar-refractivity contribution is 5.90. The summed E-state index contributed by atoms with van der Waals surface area (Å²) >= 11 is 0. The second-order valence-corrected chi connectivity index (χ2v) is 7.94. The summed E-state index contributed by atoms with van der Waals surface area (Å²) in [6.45, 7) is 0.0767. The molecule has 0 aliphatic heterocycles. The Labute approximate surface area is 199 Å². The number of hydrogen-bond donors (Lipinski definition) is 3. The van der Waals surface area contributed by atoms with Gasteiger partial charge >= 0.3 is 6.09 Å². The van der Waals surface area contributed by atoms with Crippen LogP contribution in [0, 0.1) is 0 Å². The molecular weight excluding hydrogens is 430 g/mol. The van der Waals surface area contributed by atoms with E-state index < -0.39 is 30.0 Å². The number of carbonyl (C=O) groups excluding carboxylic acids is 3. The maximum atomic E-state index is 13.1. The Morgan fingerprint density at radius 1 is 0.706 bits per heavy atom. The van der Waals surface area contributed by atoms with E-state index in [0.29, 0.717) is 12.8 Å². The van der Waals surface area contributed by atoms with Gasteiger partial charge in [0, 0.05) is 6.42 Å². The molecular formula is C27H29N3O4. The minimum atomic E-state index is -0.941. The van der Waals surface area contributed by atoms with Gasteiger partial charge in [-0.3, -0.25) is 9.59 Å². The predicted molar refractivity (Wildman–Crippen MR) is 130 cm³/mol. The number of ether oxygens (including phenoxy) is 1. The van der Waals surface area contributed by atoms with Crippen molar-refractivity contribution in [1.29, 1.82) is 0 Å². The van der Waals surface area contributed by atoms with Crippen molar-refractivity contribution in [3.63, 3.8) is 0 Å². The first-order valence-electron chi connectivity index (χ1n) is 11.2. The van der Waals surface area contributed by atoms with Crippen LogP contribution in [0.4, 0.5) is 4.79 Å². The van der Waals surface area contributed by atoms with Crippen LogP contribution in [0.1, 0.15) is 23.1 Å². The molecule has 34 heavy (non-hydrogen) atoms. The molecule has 0 spiro atoms. The molecule has 0 aliphatic rings. The minimum Gasteiger partial charge on any atom is -0.445 e. The third-order valence-electron chi connectivity index (χ3n) is 5.33. The Morgan fingerprint density at radius 2 is 1.24 bits per heavy atom. The molecule has 3 aromatic rings. The van der Waals surface area contributed by atoms with Gasteiger partial charge in [-0.05, 0) is 29.5 Å². The third kappa shape index (κ3) is 8.09. The van der Waals surface area contributed by atoms with E-state index >= 15 is 0 Å². The maximum absolute atomic E-state index is 13.1. The molecule has 4 N–H and O–H groups in total. The van der Waals surface area contributed by atoms with Crippen molar-refractivity contribution in [3.05, 3.63) is 108 Å². The van der Waals surface area contributed by atoms with Crippen molar-refractivity contribution < 1.29 is 19.1 Å². The standard InChI is InChI=1S/C27H29N3O4/c28-25(31)23(17-16-20-10-4-1-5-11-20)29-26(32)24(18-21-12-6-2-7-13-21)30-27(33)34-19-22-14-8-3-9-15-22/h1-15,23-24H,16-19H2,(H2,28,31)(H,29,32)(H,30,33)/t23-,24-/m0/s1. The van der Waals surface area contributed by atoms with Gasteiger partial charge in [-0.25, -0.2) is 4.79 Å².